The topological polar surface area (TPSA) is 88.5 Å². The third kappa shape index (κ3) is 3.76. The summed E-state index contributed by atoms with van der Waals surface area (Å²) in [7, 11) is 1.24. The van der Waals surface area contributed by atoms with Crippen molar-refractivity contribution >= 4 is 22.8 Å². The average molecular weight is 288 g/mol. The summed E-state index contributed by atoms with van der Waals surface area (Å²) in [5.41, 5.74) is 1.47. The van der Waals surface area contributed by atoms with E-state index in [0.717, 1.165) is 10.9 Å². The third-order valence-electron chi connectivity index (χ3n) is 3.03. The van der Waals surface area contributed by atoms with Crippen molar-refractivity contribution < 1.29 is 19.4 Å². The van der Waals surface area contributed by atoms with E-state index in [1.54, 1.807) is 6.07 Å². The van der Waals surface area contributed by atoms with Crippen LogP contribution in [0.25, 0.3) is 10.9 Å². The predicted octanol–water partition coefficient (Wildman–Crippen LogP) is 0.427. The fourth-order valence-electron chi connectivity index (χ4n) is 2.01. The summed E-state index contributed by atoms with van der Waals surface area (Å²) >= 11 is 0. The van der Waals surface area contributed by atoms with Gasteiger partial charge in [-0.2, -0.15) is 0 Å². The number of aliphatic hydroxyl groups is 1. The van der Waals surface area contributed by atoms with E-state index in [4.69, 9.17) is 5.11 Å². The van der Waals surface area contributed by atoms with Crippen LogP contribution in [-0.4, -0.2) is 41.7 Å². The van der Waals surface area contributed by atoms with Crippen LogP contribution < -0.4 is 5.32 Å². The van der Waals surface area contributed by atoms with Gasteiger partial charge in [-0.1, -0.05) is 24.3 Å². The van der Waals surface area contributed by atoms with Gasteiger partial charge in [0.15, 0.2) is 0 Å². The predicted molar refractivity (Wildman–Crippen MR) is 76.5 cm³/mol. The summed E-state index contributed by atoms with van der Waals surface area (Å²) in [5, 5.41) is 12.2. The molecule has 0 radical (unpaired) electrons. The number of nitrogens with one attached hydrogen (secondary N) is 1. The van der Waals surface area contributed by atoms with Crippen LogP contribution in [-0.2, 0) is 20.7 Å². The molecule has 6 nitrogen and oxygen atoms in total. The number of amides is 1. The molecule has 2 N–H and O–H groups in total. The van der Waals surface area contributed by atoms with Gasteiger partial charge in [0.1, 0.15) is 12.6 Å². The maximum Gasteiger partial charge on any atom is 0.328 e. The van der Waals surface area contributed by atoms with E-state index in [-0.39, 0.29) is 6.42 Å². The molecule has 6 heteroatoms. The molecule has 1 heterocycles. The van der Waals surface area contributed by atoms with Crippen LogP contribution in [0.3, 0.4) is 0 Å². The molecule has 0 fully saturated rings. The van der Waals surface area contributed by atoms with Crippen molar-refractivity contribution in [3.63, 3.8) is 0 Å². The van der Waals surface area contributed by atoms with Gasteiger partial charge in [-0.15, -0.1) is 0 Å². The number of methoxy groups -OCH3 is 1. The Morgan fingerprint density at radius 1 is 1.29 bits per heavy atom. The minimum absolute atomic E-state index is 0.198. The molecular weight excluding hydrogens is 272 g/mol. The lowest BCUT2D eigenvalue weighted by Crippen LogP contribution is -2.44. The second-order valence-corrected chi connectivity index (χ2v) is 4.50. The Morgan fingerprint density at radius 2 is 2.05 bits per heavy atom. The Kier molecular flexibility index (Phi) is 4.84. The molecule has 2 aromatic rings. The van der Waals surface area contributed by atoms with Crippen molar-refractivity contribution in [2.24, 2.45) is 0 Å². The Morgan fingerprint density at radius 3 is 2.76 bits per heavy atom. The number of para-hydroxylation sites is 1. The number of pyridine rings is 1. The SMILES string of the molecule is COC(=O)[C@@H](Cc1ccc2ccccc2n1)NC(=O)CO. The Bertz CT molecular complexity index is 657. The first-order valence-electron chi connectivity index (χ1n) is 6.46. The number of fused-ring (bicyclic) bond motifs is 1. The van der Waals surface area contributed by atoms with Crippen LogP contribution in [0, 0.1) is 0 Å². The number of hydrogen-bond donors (Lipinski definition) is 2. The van der Waals surface area contributed by atoms with Gasteiger partial charge in [0.05, 0.1) is 12.6 Å². The maximum atomic E-state index is 11.7. The van der Waals surface area contributed by atoms with Crippen LogP contribution in [0.2, 0.25) is 0 Å². The van der Waals surface area contributed by atoms with E-state index in [1.807, 2.05) is 30.3 Å². The number of nitrogens with zero attached hydrogens (tertiary/aromatic N) is 1. The van der Waals surface area contributed by atoms with E-state index in [2.05, 4.69) is 15.0 Å². The van der Waals surface area contributed by atoms with Crippen LogP contribution in [0.4, 0.5) is 0 Å². The van der Waals surface area contributed by atoms with Crippen molar-refractivity contribution in [2.75, 3.05) is 13.7 Å². The molecule has 1 atom stereocenters. The van der Waals surface area contributed by atoms with E-state index in [0.29, 0.717) is 5.69 Å². The minimum Gasteiger partial charge on any atom is -0.467 e. The monoisotopic (exact) mass is 288 g/mol. The highest BCUT2D eigenvalue weighted by molar-refractivity contribution is 5.85. The van der Waals surface area contributed by atoms with Gasteiger partial charge in [-0.25, -0.2) is 4.79 Å². The zero-order valence-electron chi connectivity index (χ0n) is 11.6. The van der Waals surface area contributed by atoms with Gasteiger partial charge in [-0.3, -0.25) is 9.78 Å². The summed E-state index contributed by atoms with van der Waals surface area (Å²) < 4.78 is 4.65. The van der Waals surface area contributed by atoms with Gasteiger partial charge in [0.2, 0.25) is 5.91 Å². The molecule has 0 aliphatic heterocycles. The van der Waals surface area contributed by atoms with Crippen LogP contribution in [0.1, 0.15) is 5.69 Å². The number of esters is 1. The van der Waals surface area contributed by atoms with Crippen molar-refractivity contribution in [3.8, 4) is 0 Å². The molecule has 0 aliphatic rings. The van der Waals surface area contributed by atoms with Gasteiger partial charge in [-0.05, 0) is 12.1 Å². The second kappa shape index (κ2) is 6.81. The van der Waals surface area contributed by atoms with Gasteiger partial charge in [0, 0.05) is 17.5 Å². The van der Waals surface area contributed by atoms with Crippen LogP contribution in [0.15, 0.2) is 36.4 Å². The molecule has 110 valence electrons. The molecular formula is C15H16N2O4. The van der Waals surface area contributed by atoms with Gasteiger partial charge in [0.25, 0.3) is 0 Å². The number of carbonyl (C=O) groups excluding carboxylic acids is 2. The van der Waals surface area contributed by atoms with Gasteiger partial charge < -0.3 is 15.2 Å². The molecule has 0 saturated carbocycles. The van der Waals surface area contributed by atoms with Crippen molar-refractivity contribution in [1.29, 1.82) is 0 Å². The molecule has 1 aromatic heterocycles. The quantitative estimate of drug-likeness (QED) is 0.779. The third-order valence-corrected chi connectivity index (χ3v) is 3.03. The Hall–Kier alpha value is -2.47. The first kappa shape index (κ1) is 14.9. The summed E-state index contributed by atoms with van der Waals surface area (Å²) in [6, 6.07) is 10.4. The summed E-state index contributed by atoms with van der Waals surface area (Å²) in [4.78, 5) is 27.4. The molecule has 0 unspecified atom stereocenters. The van der Waals surface area contributed by atoms with Crippen LogP contribution in [0.5, 0.6) is 0 Å². The van der Waals surface area contributed by atoms with Crippen molar-refractivity contribution in [2.45, 2.75) is 12.5 Å². The lowest BCUT2D eigenvalue weighted by molar-refractivity contribution is -0.145. The minimum atomic E-state index is -0.872. The number of aliphatic hydroxyl groups excluding tert-OH is 1. The van der Waals surface area contributed by atoms with E-state index >= 15 is 0 Å². The standard InChI is InChI=1S/C15H16N2O4/c1-21-15(20)13(17-14(19)9-18)8-11-7-6-10-4-2-3-5-12(10)16-11/h2-7,13,18H,8-9H2,1H3,(H,17,19)/t13-/m1/s1. The first-order valence-corrected chi connectivity index (χ1v) is 6.46. The largest absolute Gasteiger partial charge is 0.467 e. The Labute approximate surface area is 121 Å². The highest BCUT2D eigenvalue weighted by atomic mass is 16.5. The zero-order chi connectivity index (χ0) is 15.2. The van der Waals surface area contributed by atoms with E-state index in [9.17, 15) is 9.59 Å². The van der Waals surface area contributed by atoms with Gasteiger partial charge >= 0.3 is 5.97 Å². The van der Waals surface area contributed by atoms with Crippen LogP contribution >= 0.6 is 0 Å². The lowest BCUT2D eigenvalue weighted by Gasteiger charge is -2.15. The van der Waals surface area contributed by atoms with Crippen molar-refractivity contribution in [3.05, 3.63) is 42.1 Å². The summed E-state index contributed by atoms with van der Waals surface area (Å²) in [6.07, 6.45) is 0.198. The normalized spacial score (nSPS) is 11.9. The fraction of sp³-hybridized carbons (Fsp3) is 0.267. The number of aromatic nitrogens is 1. The maximum absolute atomic E-state index is 11.7. The second-order valence-electron chi connectivity index (χ2n) is 4.50. The first-order chi connectivity index (χ1) is 10.1. The van der Waals surface area contributed by atoms with Crippen molar-refractivity contribution in [1.82, 2.24) is 10.3 Å². The highest BCUT2D eigenvalue weighted by Crippen LogP contribution is 2.13. The molecule has 0 spiro atoms. The molecule has 21 heavy (non-hydrogen) atoms. The fourth-order valence-corrected chi connectivity index (χ4v) is 2.01. The number of ether oxygens (including phenoxy) is 1. The summed E-state index contributed by atoms with van der Waals surface area (Å²) in [5.74, 6) is -1.21. The molecule has 0 saturated heterocycles. The molecule has 1 amide bonds. The number of benzene rings is 1. The highest BCUT2D eigenvalue weighted by Gasteiger charge is 2.22. The molecule has 2 rings (SSSR count). The van der Waals surface area contributed by atoms with E-state index in [1.165, 1.54) is 7.11 Å². The molecule has 0 bridgehead atoms. The zero-order valence-corrected chi connectivity index (χ0v) is 11.6. The number of carbonyl (C=O) groups is 2. The summed E-state index contributed by atoms with van der Waals surface area (Å²) in [6.45, 7) is -0.682. The average Bonchev–Trinajstić information content (AvgIpc) is 2.53. The lowest BCUT2D eigenvalue weighted by atomic mass is 10.1. The smallest absolute Gasteiger partial charge is 0.328 e. The Balaban J connectivity index is 2.20. The number of hydrogen-bond acceptors (Lipinski definition) is 5. The number of rotatable bonds is 5. The molecule has 1 aromatic carbocycles. The molecule has 0 aliphatic carbocycles. The van der Waals surface area contributed by atoms with E-state index < -0.39 is 24.5 Å².